The van der Waals surface area contributed by atoms with Gasteiger partial charge in [-0.25, -0.2) is 8.42 Å². The molecule has 1 aliphatic rings. The topological polar surface area (TPSA) is 113 Å². The molecular weight excluding hydrogens is 372 g/mol. The van der Waals surface area contributed by atoms with Crippen LogP contribution in [0.4, 0.5) is 5.69 Å². The van der Waals surface area contributed by atoms with E-state index in [9.17, 15) is 18.0 Å². The van der Waals surface area contributed by atoms with E-state index in [4.69, 9.17) is 5.11 Å². The molecule has 9 nitrogen and oxygen atoms in total. The lowest BCUT2D eigenvalue weighted by molar-refractivity contribution is -0.141. The fraction of sp³-hybridized carbons (Fsp3) is 0.353. The fourth-order valence-corrected chi connectivity index (χ4v) is 4.16. The van der Waals surface area contributed by atoms with Crippen LogP contribution in [0.3, 0.4) is 0 Å². The van der Waals surface area contributed by atoms with Crippen LogP contribution in [-0.2, 0) is 33.2 Å². The minimum Gasteiger partial charge on any atom is -0.481 e. The zero-order valence-corrected chi connectivity index (χ0v) is 15.8. The average Bonchev–Trinajstić information content (AvgIpc) is 3.20. The first-order valence-corrected chi connectivity index (χ1v) is 9.69. The molecule has 1 atom stereocenters. The number of sulfonamides is 1. The molecule has 1 aliphatic heterocycles. The highest BCUT2D eigenvalue weighted by atomic mass is 32.2. The van der Waals surface area contributed by atoms with Crippen molar-refractivity contribution < 1.29 is 23.1 Å². The summed E-state index contributed by atoms with van der Waals surface area (Å²) in [5, 5.41) is 13.1. The lowest BCUT2D eigenvalue weighted by Gasteiger charge is -2.19. The predicted octanol–water partition coefficient (Wildman–Crippen LogP) is 0.678. The maximum atomic E-state index is 12.7. The number of aryl methyl sites for hydroxylation is 1. The minimum absolute atomic E-state index is 0.0523. The van der Waals surface area contributed by atoms with Crippen molar-refractivity contribution in [3.63, 3.8) is 0 Å². The van der Waals surface area contributed by atoms with E-state index in [-0.39, 0.29) is 30.3 Å². The van der Waals surface area contributed by atoms with Gasteiger partial charge in [0.15, 0.2) is 0 Å². The van der Waals surface area contributed by atoms with Crippen LogP contribution in [0.2, 0.25) is 0 Å². The lowest BCUT2D eigenvalue weighted by atomic mass is 10.1. The Labute approximate surface area is 156 Å². The summed E-state index contributed by atoms with van der Waals surface area (Å²) in [7, 11) is -0.468. The highest BCUT2D eigenvalue weighted by Crippen LogP contribution is 2.27. The molecule has 0 saturated carbocycles. The number of amides is 1. The van der Waals surface area contributed by atoms with Crippen LogP contribution in [0, 0.1) is 5.92 Å². The molecule has 1 saturated heterocycles. The van der Waals surface area contributed by atoms with Crippen LogP contribution in [0.15, 0.2) is 41.6 Å². The molecule has 1 aromatic carbocycles. The molecule has 0 aliphatic carbocycles. The van der Waals surface area contributed by atoms with Crippen LogP contribution < -0.4 is 4.90 Å². The number of nitrogens with zero attached hydrogens (tertiary/aromatic N) is 4. The van der Waals surface area contributed by atoms with E-state index in [0.717, 1.165) is 5.56 Å². The summed E-state index contributed by atoms with van der Waals surface area (Å²) in [5.74, 6) is -2.04. The van der Waals surface area contributed by atoms with Gasteiger partial charge in [-0.15, -0.1) is 0 Å². The highest BCUT2D eigenvalue weighted by Gasteiger charge is 2.35. The van der Waals surface area contributed by atoms with Gasteiger partial charge in [-0.05, 0) is 24.3 Å². The molecule has 1 aromatic heterocycles. The molecule has 10 heteroatoms. The van der Waals surface area contributed by atoms with Gasteiger partial charge in [0.05, 0.1) is 17.0 Å². The van der Waals surface area contributed by atoms with Crippen LogP contribution in [0.1, 0.15) is 12.0 Å². The van der Waals surface area contributed by atoms with Crippen molar-refractivity contribution in [3.05, 3.63) is 42.2 Å². The summed E-state index contributed by atoms with van der Waals surface area (Å²) < 4.78 is 28.3. The smallest absolute Gasteiger partial charge is 0.308 e. The van der Waals surface area contributed by atoms with Crippen molar-refractivity contribution in [2.24, 2.45) is 13.0 Å². The molecule has 1 fully saturated rings. The summed E-state index contributed by atoms with van der Waals surface area (Å²) in [6, 6.07) is 5.89. The molecule has 1 unspecified atom stereocenters. The number of hydrogen-bond acceptors (Lipinski definition) is 5. The third kappa shape index (κ3) is 3.86. The number of hydrogen-bond donors (Lipinski definition) is 1. The number of carbonyl (C=O) groups excluding carboxylic acids is 1. The Bertz CT molecular complexity index is 967. The summed E-state index contributed by atoms with van der Waals surface area (Å²) in [6.07, 6.45) is 3.29. The maximum Gasteiger partial charge on any atom is 0.308 e. The second-order valence-electron chi connectivity index (χ2n) is 6.52. The largest absolute Gasteiger partial charge is 0.481 e. The molecule has 1 amide bonds. The number of aliphatic carboxylic acids is 1. The van der Waals surface area contributed by atoms with Gasteiger partial charge in [0, 0.05) is 51.1 Å². The lowest BCUT2D eigenvalue weighted by Crippen LogP contribution is -2.27. The fourth-order valence-electron chi connectivity index (χ4n) is 3.00. The van der Waals surface area contributed by atoms with E-state index in [1.54, 1.807) is 24.1 Å². The number of carboxylic acids is 1. The van der Waals surface area contributed by atoms with Crippen molar-refractivity contribution in [2.75, 3.05) is 18.5 Å². The SMILES string of the molecule is CN(Cc1cnn(C)c1)S(=O)(=O)c1ccc(N2CC(C(=O)O)CC2=O)cc1. The van der Waals surface area contributed by atoms with Crippen molar-refractivity contribution in [2.45, 2.75) is 17.9 Å². The molecule has 2 heterocycles. The van der Waals surface area contributed by atoms with E-state index in [0.29, 0.717) is 5.69 Å². The van der Waals surface area contributed by atoms with Gasteiger partial charge in [0.1, 0.15) is 0 Å². The third-order valence-corrected chi connectivity index (χ3v) is 6.31. The van der Waals surface area contributed by atoms with Gasteiger partial charge in [-0.2, -0.15) is 9.40 Å². The Morgan fingerprint density at radius 2 is 2.00 bits per heavy atom. The van der Waals surface area contributed by atoms with Gasteiger partial charge < -0.3 is 10.0 Å². The quantitative estimate of drug-likeness (QED) is 0.773. The normalized spacial score (nSPS) is 17.7. The number of carboxylic acid groups (broad SMARTS) is 1. The van der Waals surface area contributed by atoms with E-state index in [2.05, 4.69) is 5.10 Å². The number of rotatable bonds is 6. The van der Waals surface area contributed by atoms with E-state index in [1.807, 2.05) is 0 Å². The zero-order valence-electron chi connectivity index (χ0n) is 14.9. The van der Waals surface area contributed by atoms with Crippen LogP contribution in [-0.4, -0.2) is 53.1 Å². The minimum atomic E-state index is -3.71. The van der Waals surface area contributed by atoms with E-state index in [1.165, 1.54) is 40.5 Å². The van der Waals surface area contributed by atoms with Crippen molar-refractivity contribution in [1.29, 1.82) is 0 Å². The van der Waals surface area contributed by atoms with Crippen molar-refractivity contribution >= 4 is 27.6 Å². The van der Waals surface area contributed by atoms with E-state index >= 15 is 0 Å². The van der Waals surface area contributed by atoms with E-state index < -0.39 is 21.9 Å². The summed E-state index contributed by atoms with van der Waals surface area (Å²) in [5.41, 5.74) is 1.25. The second-order valence-corrected chi connectivity index (χ2v) is 8.57. The molecule has 27 heavy (non-hydrogen) atoms. The predicted molar refractivity (Wildman–Crippen MR) is 96.4 cm³/mol. The van der Waals surface area contributed by atoms with Crippen molar-refractivity contribution in [3.8, 4) is 0 Å². The second kappa shape index (κ2) is 7.12. The standard InChI is InChI=1S/C17H20N4O5S/c1-19-9-12(8-18-19)10-20(2)27(25,26)15-5-3-14(4-6-15)21-11-13(17(23)24)7-16(21)22/h3-6,8-9,13H,7,10-11H2,1-2H3,(H,23,24). The Balaban J connectivity index is 1.76. The maximum absolute atomic E-state index is 12.7. The Hall–Kier alpha value is -2.72. The summed E-state index contributed by atoms with van der Waals surface area (Å²) in [4.78, 5) is 24.5. The first-order chi connectivity index (χ1) is 12.7. The number of aromatic nitrogens is 2. The number of anilines is 1. The van der Waals surface area contributed by atoms with Gasteiger partial charge in [-0.1, -0.05) is 0 Å². The average molecular weight is 392 g/mol. The number of carbonyl (C=O) groups is 2. The highest BCUT2D eigenvalue weighted by molar-refractivity contribution is 7.89. The monoisotopic (exact) mass is 392 g/mol. The molecule has 0 spiro atoms. The molecule has 0 bridgehead atoms. The van der Waals surface area contributed by atoms with Crippen LogP contribution >= 0.6 is 0 Å². The molecule has 3 rings (SSSR count). The zero-order chi connectivity index (χ0) is 19.8. The first kappa shape index (κ1) is 19.1. The Morgan fingerprint density at radius 1 is 1.33 bits per heavy atom. The first-order valence-electron chi connectivity index (χ1n) is 8.25. The summed E-state index contributed by atoms with van der Waals surface area (Å²) in [6.45, 7) is 0.268. The van der Waals surface area contributed by atoms with Crippen LogP contribution in [0.25, 0.3) is 0 Å². The van der Waals surface area contributed by atoms with Gasteiger partial charge >= 0.3 is 5.97 Å². The van der Waals surface area contributed by atoms with Crippen LogP contribution in [0.5, 0.6) is 0 Å². The van der Waals surface area contributed by atoms with Gasteiger partial charge in [0.2, 0.25) is 15.9 Å². The molecule has 144 valence electrons. The molecule has 1 N–H and O–H groups in total. The van der Waals surface area contributed by atoms with Gasteiger partial charge in [0.25, 0.3) is 0 Å². The Morgan fingerprint density at radius 3 is 2.52 bits per heavy atom. The molecule has 0 radical (unpaired) electrons. The summed E-state index contributed by atoms with van der Waals surface area (Å²) >= 11 is 0. The van der Waals surface area contributed by atoms with Gasteiger partial charge in [-0.3, -0.25) is 14.3 Å². The molecular formula is C17H20N4O5S. The number of benzene rings is 1. The third-order valence-electron chi connectivity index (χ3n) is 4.49. The van der Waals surface area contributed by atoms with Crippen molar-refractivity contribution in [1.82, 2.24) is 14.1 Å². The molecule has 2 aromatic rings. The Kier molecular flexibility index (Phi) is 5.03.